The summed E-state index contributed by atoms with van der Waals surface area (Å²) in [7, 11) is 0. The molecule has 0 fully saturated rings. The van der Waals surface area contributed by atoms with E-state index in [-0.39, 0.29) is 0 Å². The Morgan fingerprint density at radius 3 is 2.32 bits per heavy atom. The third-order valence-electron chi connectivity index (χ3n) is 2.52. The zero-order valence-electron chi connectivity index (χ0n) is 10.1. The highest BCUT2D eigenvalue weighted by atomic mass is 35.5. The molecule has 100 valence electrons. The molecule has 2 rings (SSSR count). The predicted octanol–water partition coefficient (Wildman–Crippen LogP) is 5.17. The molecular formula is C14H13Cl3N2. The van der Waals surface area contributed by atoms with E-state index >= 15 is 0 Å². The molecule has 0 saturated heterocycles. The van der Waals surface area contributed by atoms with Crippen LogP contribution in [-0.2, 0) is 0 Å². The maximum Gasteiger partial charge on any atom is 0.0638 e. The van der Waals surface area contributed by atoms with Crippen LogP contribution in [0.3, 0.4) is 0 Å². The Balaban J connectivity index is 1.82. The largest absolute Gasteiger partial charge is 0.383 e. The summed E-state index contributed by atoms with van der Waals surface area (Å²) in [6, 6.07) is 13.0. The lowest BCUT2D eigenvalue weighted by Gasteiger charge is -2.10. The molecule has 0 aliphatic heterocycles. The van der Waals surface area contributed by atoms with Gasteiger partial charge in [0.2, 0.25) is 0 Å². The Kier molecular flexibility index (Phi) is 5.20. The Labute approximate surface area is 127 Å². The average molecular weight is 316 g/mol. The van der Waals surface area contributed by atoms with Crippen molar-refractivity contribution >= 4 is 46.2 Å². The Morgan fingerprint density at radius 2 is 1.53 bits per heavy atom. The first-order valence-corrected chi connectivity index (χ1v) is 6.97. The SMILES string of the molecule is Clc1cccc(NCCNc2cc(Cl)ccc2Cl)c1. The molecule has 0 heterocycles. The van der Waals surface area contributed by atoms with E-state index in [0.29, 0.717) is 10.0 Å². The van der Waals surface area contributed by atoms with Crippen molar-refractivity contribution in [2.45, 2.75) is 0 Å². The molecular weight excluding hydrogens is 303 g/mol. The molecule has 0 aliphatic rings. The van der Waals surface area contributed by atoms with Gasteiger partial charge in [0.1, 0.15) is 0 Å². The molecule has 0 bridgehead atoms. The molecule has 2 aromatic rings. The van der Waals surface area contributed by atoms with Crippen molar-refractivity contribution < 1.29 is 0 Å². The zero-order valence-corrected chi connectivity index (χ0v) is 12.4. The Hall–Kier alpha value is -1.09. The van der Waals surface area contributed by atoms with Gasteiger partial charge >= 0.3 is 0 Å². The van der Waals surface area contributed by atoms with Gasteiger partial charge in [0, 0.05) is 28.8 Å². The van der Waals surface area contributed by atoms with Gasteiger partial charge in [0.25, 0.3) is 0 Å². The van der Waals surface area contributed by atoms with Crippen LogP contribution >= 0.6 is 34.8 Å². The van der Waals surface area contributed by atoms with Gasteiger partial charge in [-0.25, -0.2) is 0 Å². The fourth-order valence-electron chi connectivity index (χ4n) is 1.64. The maximum atomic E-state index is 6.05. The summed E-state index contributed by atoms with van der Waals surface area (Å²) in [5.74, 6) is 0. The molecule has 0 aromatic heterocycles. The summed E-state index contributed by atoms with van der Waals surface area (Å²) in [6.07, 6.45) is 0. The third kappa shape index (κ3) is 4.50. The summed E-state index contributed by atoms with van der Waals surface area (Å²) < 4.78 is 0. The molecule has 2 aromatic carbocycles. The quantitative estimate of drug-likeness (QED) is 0.744. The van der Waals surface area contributed by atoms with E-state index in [9.17, 15) is 0 Å². The topological polar surface area (TPSA) is 24.1 Å². The molecule has 19 heavy (non-hydrogen) atoms. The van der Waals surface area contributed by atoms with Crippen LogP contribution < -0.4 is 10.6 Å². The highest BCUT2D eigenvalue weighted by molar-refractivity contribution is 6.35. The van der Waals surface area contributed by atoms with Crippen LogP contribution in [0.25, 0.3) is 0 Å². The minimum atomic E-state index is 0.659. The van der Waals surface area contributed by atoms with E-state index in [1.807, 2.05) is 30.3 Å². The van der Waals surface area contributed by atoms with Crippen LogP contribution in [0, 0.1) is 0 Å². The second-order valence-corrected chi connectivity index (χ2v) is 5.27. The van der Waals surface area contributed by atoms with Crippen molar-refractivity contribution in [1.82, 2.24) is 0 Å². The van der Waals surface area contributed by atoms with E-state index < -0.39 is 0 Å². The summed E-state index contributed by atoms with van der Waals surface area (Å²) in [5, 5.41) is 8.53. The zero-order chi connectivity index (χ0) is 13.7. The first kappa shape index (κ1) is 14.3. The van der Waals surface area contributed by atoms with Crippen LogP contribution in [0.5, 0.6) is 0 Å². The lowest BCUT2D eigenvalue weighted by molar-refractivity contribution is 1.08. The summed E-state index contributed by atoms with van der Waals surface area (Å²) in [6.45, 7) is 1.48. The average Bonchev–Trinajstić information content (AvgIpc) is 2.39. The molecule has 0 radical (unpaired) electrons. The number of hydrogen-bond donors (Lipinski definition) is 2. The van der Waals surface area contributed by atoms with Gasteiger partial charge < -0.3 is 10.6 Å². The van der Waals surface area contributed by atoms with E-state index in [1.54, 1.807) is 12.1 Å². The van der Waals surface area contributed by atoms with Crippen LogP contribution in [0.15, 0.2) is 42.5 Å². The van der Waals surface area contributed by atoms with Gasteiger partial charge in [0.05, 0.1) is 10.7 Å². The van der Waals surface area contributed by atoms with E-state index in [4.69, 9.17) is 34.8 Å². The second-order valence-electron chi connectivity index (χ2n) is 3.99. The minimum Gasteiger partial charge on any atom is -0.383 e. The summed E-state index contributed by atoms with van der Waals surface area (Å²) in [5.41, 5.74) is 1.83. The van der Waals surface area contributed by atoms with Gasteiger partial charge in [0.15, 0.2) is 0 Å². The third-order valence-corrected chi connectivity index (χ3v) is 3.32. The van der Waals surface area contributed by atoms with Crippen molar-refractivity contribution in [2.24, 2.45) is 0 Å². The molecule has 0 spiro atoms. The Bertz CT molecular complexity index is 558. The number of anilines is 2. The first-order chi connectivity index (χ1) is 9.15. The fraction of sp³-hybridized carbons (Fsp3) is 0.143. The van der Waals surface area contributed by atoms with Crippen LogP contribution in [0.1, 0.15) is 0 Å². The summed E-state index contributed by atoms with van der Waals surface area (Å²) >= 11 is 17.9. The number of halogens is 3. The molecule has 0 saturated carbocycles. The normalized spacial score (nSPS) is 10.3. The van der Waals surface area contributed by atoms with Crippen LogP contribution in [0.2, 0.25) is 15.1 Å². The highest BCUT2D eigenvalue weighted by Gasteiger charge is 2.00. The molecule has 5 heteroatoms. The molecule has 2 N–H and O–H groups in total. The molecule has 0 atom stereocenters. The Morgan fingerprint density at radius 1 is 0.789 bits per heavy atom. The fourth-order valence-corrected chi connectivity index (χ4v) is 2.18. The van der Waals surface area contributed by atoms with Gasteiger partial charge in [-0.1, -0.05) is 40.9 Å². The van der Waals surface area contributed by atoms with Gasteiger partial charge in [-0.2, -0.15) is 0 Å². The van der Waals surface area contributed by atoms with Crippen molar-refractivity contribution in [3.8, 4) is 0 Å². The molecule has 2 nitrogen and oxygen atoms in total. The van der Waals surface area contributed by atoms with Gasteiger partial charge in [-0.3, -0.25) is 0 Å². The van der Waals surface area contributed by atoms with Gasteiger partial charge in [-0.05, 0) is 36.4 Å². The van der Waals surface area contributed by atoms with Crippen molar-refractivity contribution in [3.63, 3.8) is 0 Å². The van der Waals surface area contributed by atoms with E-state index in [1.165, 1.54) is 0 Å². The number of rotatable bonds is 5. The molecule has 0 unspecified atom stereocenters. The highest BCUT2D eigenvalue weighted by Crippen LogP contribution is 2.25. The lowest BCUT2D eigenvalue weighted by Crippen LogP contribution is -2.13. The first-order valence-electron chi connectivity index (χ1n) is 5.83. The van der Waals surface area contributed by atoms with Crippen LogP contribution in [0.4, 0.5) is 11.4 Å². The summed E-state index contributed by atoms with van der Waals surface area (Å²) in [4.78, 5) is 0. The smallest absolute Gasteiger partial charge is 0.0638 e. The van der Waals surface area contributed by atoms with Crippen molar-refractivity contribution in [1.29, 1.82) is 0 Å². The van der Waals surface area contributed by atoms with Gasteiger partial charge in [-0.15, -0.1) is 0 Å². The number of hydrogen-bond acceptors (Lipinski definition) is 2. The monoisotopic (exact) mass is 314 g/mol. The standard InChI is InChI=1S/C14H13Cl3N2/c15-10-2-1-3-12(8-10)18-6-7-19-14-9-11(16)4-5-13(14)17/h1-5,8-9,18-19H,6-7H2. The lowest BCUT2D eigenvalue weighted by atomic mass is 10.3. The maximum absolute atomic E-state index is 6.05. The van der Waals surface area contributed by atoms with Crippen molar-refractivity contribution in [2.75, 3.05) is 23.7 Å². The van der Waals surface area contributed by atoms with E-state index in [2.05, 4.69) is 10.6 Å². The second kappa shape index (κ2) is 6.90. The van der Waals surface area contributed by atoms with Crippen LogP contribution in [-0.4, -0.2) is 13.1 Å². The molecule has 0 aliphatic carbocycles. The molecule has 0 amide bonds. The number of benzene rings is 2. The number of nitrogens with one attached hydrogen (secondary N) is 2. The minimum absolute atomic E-state index is 0.659. The predicted molar refractivity (Wildman–Crippen MR) is 84.9 cm³/mol. The van der Waals surface area contributed by atoms with Crippen molar-refractivity contribution in [3.05, 3.63) is 57.5 Å². The van der Waals surface area contributed by atoms with E-state index in [0.717, 1.165) is 29.5 Å².